The van der Waals surface area contributed by atoms with Gasteiger partial charge < -0.3 is 15.2 Å². The Labute approximate surface area is 114 Å². The lowest BCUT2D eigenvalue weighted by Crippen LogP contribution is -2.04. The Morgan fingerprint density at radius 2 is 2.05 bits per heavy atom. The number of hydrogen-bond donors (Lipinski definition) is 1. The predicted octanol–water partition coefficient (Wildman–Crippen LogP) is 3.08. The Morgan fingerprint density at radius 3 is 2.74 bits per heavy atom. The van der Waals surface area contributed by atoms with Crippen molar-refractivity contribution in [3.8, 4) is 5.75 Å². The van der Waals surface area contributed by atoms with Crippen molar-refractivity contribution in [1.82, 2.24) is 0 Å². The summed E-state index contributed by atoms with van der Waals surface area (Å²) in [7, 11) is 0. The van der Waals surface area contributed by atoms with Crippen molar-refractivity contribution in [2.45, 2.75) is 39.5 Å². The van der Waals surface area contributed by atoms with Gasteiger partial charge in [0.15, 0.2) is 0 Å². The minimum atomic E-state index is -0.113. The molecule has 4 heteroatoms. The molecule has 0 atom stereocenters. The lowest BCUT2D eigenvalue weighted by molar-refractivity contribution is -0.143. The van der Waals surface area contributed by atoms with Crippen LogP contribution in [0.4, 0.5) is 5.69 Å². The first kappa shape index (κ1) is 15.3. The van der Waals surface area contributed by atoms with Crippen LogP contribution in [0, 0.1) is 6.92 Å². The molecule has 0 radical (unpaired) electrons. The van der Waals surface area contributed by atoms with Crippen LogP contribution in [0.5, 0.6) is 5.75 Å². The fourth-order valence-electron chi connectivity index (χ4n) is 1.80. The number of nitrogen functional groups attached to an aromatic ring is 1. The van der Waals surface area contributed by atoms with Gasteiger partial charge in [-0.15, -0.1) is 0 Å². The molecule has 0 aliphatic heterocycles. The number of carbonyl (C=O) groups is 1. The lowest BCUT2D eigenvalue weighted by Gasteiger charge is -2.09. The van der Waals surface area contributed by atoms with Gasteiger partial charge in [-0.25, -0.2) is 0 Å². The van der Waals surface area contributed by atoms with E-state index in [1.54, 1.807) is 0 Å². The van der Waals surface area contributed by atoms with E-state index in [1.807, 2.05) is 32.0 Å². The highest BCUT2D eigenvalue weighted by Crippen LogP contribution is 2.20. The summed E-state index contributed by atoms with van der Waals surface area (Å²) < 4.78 is 10.5. The van der Waals surface area contributed by atoms with E-state index in [0.29, 0.717) is 19.6 Å². The number of unbranched alkanes of at least 4 members (excludes halogenated alkanes) is 2. The second kappa shape index (κ2) is 8.40. The summed E-state index contributed by atoms with van der Waals surface area (Å²) in [5.74, 6) is 0.761. The van der Waals surface area contributed by atoms with Gasteiger partial charge in [0.25, 0.3) is 0 Å². The first-order valence-electron chi connectivity index (χ1n) is 6.78. The molecule has 0 spiro atoms. The Kier molecular flexibility index (Phi) is 6.79. The maximum absolute atomic E-state index is 11.1. The Bertz CT molecular complexity index is 404. The molecule has 0 aliphatic carbocycles. The third-order valence-corrected chi connectivity index (χ3v) is 2.79. The van der Waals surface area contributed by atoms with E-state index in [9.17, 15) is 4.79 Å². The monoisotopic (exact) mass is 265 g/mol. The number of carbonyl (C=O) groups excluding carboxylic acids is 1. The summed E-state index contributed by atoms with van der Waals surface area (Å²) in [6.45, 7) is 4.92. The van der Waals surface area contributed by atoms with Gasteiger partial charge >= 0.3 is 5.97 Å². The Balaban J connectivity index is 2.12. The Hall–Kier alpha value is -1.71. The van der Waals surface area contributed by atoms with Gasteiger partial charge in [0.05, 0.1) is 13.2 Å². The summed E-state index contributed by atoms with van der Waals surface area (Å²) in [6, 6.07) is 5.63. The molecule has 0 amide bonds. The number of esters is 1. The minimum Gasteiger partial charge on any atom is -0.493 e. The fraction of sp³-hybridized carbons (Fsp3) is 0.533. The van der Waals surface area contributed by atoms with Crippen molar-refractivity contribution in [1.29, 1.82) is 0 Å². The molecule has 2 N–H and O–H groups in total. The first-order valence-corrected chi connectivity index (χ1v) is 6.78. The van der Waals surface area contributed by atoms with Crippen LogP contribution in [0.1, 0.15) is 38.2 Å². The van der Waals surface area contributed by atoms with Gasteiger partial charge in [0, 0.05) is 12.1 Å². The largest absolute Gasteiger partial charge is 0.493 e. The second-order valence-electron chi connectivity index (χ2n) is 4.49. The van der Waals surface area contributed by atoms with E-state index in [4.69, 9.17) is 15.2 Å². The van der Waals surface area contributed by atoms with Gasteiger partial charge in [-0.3, -0.25) is 4.79 Å². The van der Waals surface area contributed by atoms with Gasteiger partial charge in [-0.1, -0.05) is 0 Å². The SMILES string of the molecule is CCOC(=O)CCCCCOc1ccc(N)cc1C. The topological polar surface area (TPSA) is 61.5 Å². The van der Waals surface area contributed by atoms with Gasteiger partial charge in [0.2, 0.25) is 0 Å². The lowest BCUT2D eigenvalue weighted by atomic mass is 10.2. The molecule has 0 bridgehead atoms. The second-order valence-corrected chi connectivity index (χ2v) is 4.49. The average Bonchev–Trinajstić information content (AvgIpc) is 2.36. The van der Waals surface area contributed by atoms with E-state index in [-0.39, 0.29) is 5.97 Å². The normalized spacial score (nSPS) is 10.2. The molecule has 0 saturated carbocycles. The predicted molar refractivity (Wildman–Crippen MR) is 76.2 cm³/mol. The molecular weight excluding hydrogens is 242 g/mol. The zero-order valence-corrected chi connectivity index (χ0v) is 11.8. The maximum Gasteiger partial charge on any atom is 0.305 e. The van der Waals surface area contributed by atoms with Crippen molar-refractivity contribution in [2.75, 3.05) is 18.9 Å². The summed E-state index contributed by atoms with van der Waals surface area (Å²) in [6.07, 6.45) is 3.24. The van der Waals surface area contributed by atoms with Crippen molar-refractivity contribution in [2.24, 2.45) is 0 Å². The molecule has 0 fully saturated rings. The highest BCUT2D eigenvalue weighted by atomic mass is 16.5. The van der Waals surface area contributed by atoms with Crippen LogP contribution in [0.15, 0.2) is 18.2 Å². The Morgan fingerprint density at radius 1 is 1.26 bits per heavy atom. The van der Waals surface area contributed by atoms with Crippen LogP contribution in [0.3, 0.4) is 0 Å². The number of anilines is 1. The van der Waals surface area contributed by atoms with Crippen LogP contribution in [-0.2, 0) is 9.53 Å². The molecule has 1 aromatic carbocycles. The van der Waals surface area contributed by atoms with Crippen molar-refractivity contribution in [3.05, 3.63) is 23.8 Å². The summed E-state index contributed by atoms with van der Waals surface area (Å²) >= 11 is 0. The minimum absolute atomic E-state index is 0.113. The zero-order chi connectivity index (χ0) is 14.1. The molecule has 19 heavy (non-hydrogen) atoms. The smallest absolute Gasteiger partial charge is 0.305 e. The van der Waals surface area contributed by atoms with Crippen LogP contribution >= 0.6 is 0 Å². The summed E-state index contributed by atoms with van der Waals surface area (Å²) in [5, 5.41) is 0. The molecule has 0 heterocycles. The molecule has 1 rings (SSSR count). The highest BCUT2D eigenvalue weighted by Gasteiger charge is 2.02. The molecule has 1 aromatic rings. The van der Waals surface area contributed by atoms with Crippen LogP contribution < -0.4 is 10.5 Å². The van der Waals surface area contributed by atoms with E-state index in [0.717, 1.165) is 36.3 Å². The van der Waals surface area contributed by atoms with Crippen LogP contribution in [0.25, 0.3) is 0 Å². The fourth-order valence-corrected chi connectivity index (χ4v) is 1.80. The number of nitrogens with two attached hydrogens (primary N) is 1. The van der Waals surface area contributed by atoms with Crippen LogP contribution in [-0.4, -0.2) is 19.2 Å². The van der Waals surface area contributed by atoms with Crippen molar-refractivity contribution < 1.29 is 14.3 Å². The number of rotatable bonds is 8. The quantitative estimate of drug-likeness (QED) is 0.446. The van der Waals surface area contributed by atoms with Gasteiger partial charge in [-0.05, 0) is 56.9 Å². The van der Waals surface area contributed by atoms with Crippen molar-refractivity contribution in [3.63, 3.8) is 0 Å². The van der Waals surface area contributed by atoms with E-state index >= 15 is 0 Å². The summed E-state index contributed by atoms with van der Waals surface area (Å²) in [4.78, 5) is 11.1. The molecular formula is C15H23NO3. The zero-order valence-electron chi connectivity index (χ0n) is 11.8. The molecule has 0 saturated heterocycles. The summed E-state index contributed by atoms with van der Waals surface area (Å²) in [5.41, 5.74) is 7.47. The first-order chi connectivity index (χ1) is 9.13. The standard InChI is InChI=1S/C15H23NO3/c1-3-18-15(17)7-5-4-6-10-19-14-9-8-13(16)11-12(14)2/h8-9,11H,3-7,10,16H2,1-2H3. The maximum atomic E-state index is 11.1. The molecule has 4 nitrogen and oxygen atoms in total. The molecule has 0 aromatic heterocycles. The average molecular weight is 265 g/mol. The van der Waals surface area contributed by atoms with Gasteiger partial charge in [0.1, 0.15) is 5.75 Å². The van der Waals surface area contributed by atoms with Gasteiger partial charge in [-0.2, -0.15) is 0 Å². The highest BCUT2D eigenvalue weighted by molar-refractivity contribution is 5.69. The van der Waals surface area contributed by atoms with Crippen LogP contribution in [0.2, 0.25) is 0 Å². The van der Waals surface area contributed by atoms with E-state index in [1.165, 1.54) is 0 Å². The number of hydrogen-bond acceptors (Lipinski definition) is 4. The number of aryl methyl sites for hydroxylation is 1. The third kappa shape index (κ3) is 6.13. The van der Waals surface area contributed by atoms with E-state index < -0.39 is 0 Å². The molecule has 0 aliphatic rings. The molecule has 106 valence electrons. The number of benzene rings is 1. The molecule has 0 unspecified atom stereocenters. The van der Waals surface area contributed by atoms with Crippen molar-refractivity contribution >= 4 is 11.7 Å². The third-order valence-electron chi connectivity index (χ3n) is 2.79. The van der Waals surface area contributed by atoms with E-state index in [2.05, 4.69) is 0 Å². The number of ether oxygens (including phenoxy) is 2.